The van der Waals surface area contributed by atoms with Crippen molar-refractivity contribution in [2.75, 3.05) is 12.3 Å². The molecule has 0 aliphatic rings. The van der Waals surface area contributed by atoms with Gasteiger partial charge in [0.2, 0.25) is 5.88 Å². The van der Waals surface area contributed by atoms with Crippen molar-refractivity contribution in [1.82, 2.24) is 9.97 Å². The zero-order valence-corrected chi connectivity index (χ0v) is 7.08. The summed E-state index contributed by atoms with van der Waals surface area (Å²) >= 11 is 0. The third kappa shape index (κ3) is 3.92. The molecule has 0 unspecified atom stereocenters. The highest BCUT2D eigenvalue weighted by atomic mass is 19.4. The first-order valence-corrected chi connectivity index (χ1v) is 3.74. The molecule has 14 heavy (non-hydrogen) atoms. The van der Waals surface area contributed by atoms with Crippen LogP contribution in [0.1, 0.15) is 6.42 Å². The SMILES string of the molecule is Nc1cnc(OCCC(F)(F)F)cn1. The first-order chi connectivity index (χ1) is 6.47. The summed E-state index contributed by atoms with van der Waals surface area (Å²) in [6.07, 6.45) is -2.85. The Morgan fingerprint density at radius 3 is 2.50 bits per heavy atom. The van der Waals surface area contributed by atoms with Crippen LogP contribution < -0.4 is 10.5 Å². The van der Waals surface area contributed by atoms with Gasteiger partial charge in [-0.1, -0.05) is 0 Å². The number of nitrogen functional groups attached to an aromatic ring is 1. The summed E-state index contributed by atoms with van der Waals surface area (Å²) in [6.45, 7) is -0.470. The number of hydrogen-bond donors (Lipinski definition) is 1. The molecule has 1 heterocycles. The molecule has 0 aromatic carbocycles. The minimum atomic E-state index is -4.22. The van der Waals surface area contributed by atoms with Gasteiger partial charge in [0.25, 0.3) is 0 Å². The second-order valence-corrected chi connectivity index (χ2v) is 2.49. The largest absolute Gasteiger partial charge is 0.476 e. The number of aromatic nitrogens is 2. The first-order valence-electron chi connectivity index (χ1n) is 3.74. The topological polar surface area (TPSA) is 61.0 Å². The fourth-order valence-electron chi connectivity index (χ4n) is 0.672. The molecule has 7 heteroatoms. The van der Waals surface area contributed by atoms with Gasteiger partial charge in [-0.3, -0.25) is 0 Å². The number of nitrogens with zero attached hydrogens (tertiary/aromatic N) is 2. The monoisotopic (exact) mass is 207 g/mol. The Bertz CT molecular complexity index is 285. The van der Waals surface area contributed by atoms with Gasteiger partial charge in [-0.25, -0.2) is 9.97 Å². The Balaban J connectivity index is 2.35. The van der Waals surface area contributed by atoms with E-state index >= 15 is 0 Å². The number of rotatable bonds is 3. The van der Waals surface area contributed by atoms with E-state index in [4.69, 9.17) is 5.73 Å². The maximum atomic E-state index is 11.7. The van der Waals surface area contributed by atoms with Crippen LogP contribution in [-0.4, -0.2) is 22.8 Å². The van der Waals surface area contributed by atoms with E-state index in [0.717, 1.165) is 0 Å². The summed E-state index contributed by atoms with van der Waals surface area (Å²) in [4.78, 5) is 7.22. The minimum absolute atomic E-state index is 0.0310. The molecule has 0 atom stereocenters. The molecule has 2 N–H and O–H groups in total. The summed E-state index contributed by atoms with van der Waals surface area (Å²) in [5.74, 6) is 0.219. The van der Waals surface area contributed by atoms with Crippen molar-refractivity contribution in [2.45, 2.75) is 12.6 Å². The lowest BCUT2D eigenvalue weighted by Crippen LogP contribution is -2.13. The standard InChI is InChI=1S/C7H8F3N3O/c8-7(9,10)1-2-14-6-4-12-5(11)3-13-6/h3-4H,1-2H2,(H2,11,12). The Kier molecular flexibility index (Phi) is 3.10. The molecule has 0 spiro atoms. The van der Waals surface area contributed by atoms with Crippen molar-refractivity contribution in [3.05, 3.63) is 12.4 Å². The van der Waals surface area contributed by atoms with Crippen LogP contribution in [0.2, 0.25) is 0 Å². The van der Waals surface area contributed by atoms with Crippen LogP contribution in [0.4, 0.5) is 19.0 Å². The highest BCUT2D eigenvalue weighted by Gasteiger charge is 2.26. The zero-order valence-electron chi connectivity index (χ0n) is 7.08. The van der Waals surface area contributed by atoms with Crippen molar-refractivity contribution in [1.29, 1.82) is 0 Å². The van der Waals surface area contributed by atoms with Gasteiger partial charge >= 0.3 is 6.18 Å². The molecule has 1 aromatic rings. The Morgan fingerprint density at radius 1 is 1.29 bits per heavy atom. The summed E-state index contributed by atoms with van der Waals surface area (Å²) in [7, 11) is 0. The molecular formula is C7H8F3N3O. The average molecular weight is 207 g/mol. The second kappa shape index (κ2) is 4.12. The van der Waals surface area contributed by atoms with E-state index in [1.54, 1.807) is 0 Å². The number of alkyl halides is 3. The van der Waals surface area contributed by atoms with E-state index in [9.17, 15) is 13.2 Å². The third-order valence-electron chi connectivity index (χ3n) is 1.28. The van der Waals surface area contributed by atoms with Crippen LogP contribution in [0.5, 0.6) is 5.88 Å². The van der Waals surface area contributed by atoms with Gasteiger partial charge in [0.05, 0.1) is 25.4 Å². The molecule has 78 valence electrons. The molecule has 0 aliphatic heterocycles. The number of hydrogen-bond acceptors (Lipinski definition) is 4. The van der Waals surface area contributed by atoms with Crippen LogP contribution in [0.25, 0.3) is 0 Å². The molecule has 0 fully saturated rings. The number of anilines is 1. The molecule has 4 nitrogen and oxygen atoms in total. The molecule has 1 aromatic heterocycles. The van der Waals surface area contributed by atoms with Gasteiger partial charge in [0.1, 0.15) is 5.82 Å². The van der Waals surface area contributed by atoms with Crippen LogP contribution in [-0.2, 0) is 0 Å². The van der Waals surface area contributed by atoms with Crippen LogP contribution in [0.3, 0.4) is 0 Å². The van der Waals surface area contributed by atoms with Gasteiger partial charge in [-0.15, -0.1) is 0 Å². The Labute approximate surface area is 77.9 Å². The normalized spacial score (nSPS) is 11.4. The summed E-state index contributed by atoms with van der Waals surface area (Å²) in [6, 6.07) is 0. The van der Waals surface area contributed by atoms with Gasteiger partial charge in [0.15, 0.2) is 0 Å². The number of ether oxygens (including phenoxy) is 1. The van der Waals surface area contributed by atoms with Crippen LogP contribution in [0.15, 0.2) is 12.4 Å². The summed E-state index contributed by atoms with van der Waals surface area (Å²) < 4.78 is 39.7. The van der Waals surface area contributed by atoms with Crippen LogP contribution in [0, 0.1) is 0 Å². The first kappa shape index (κ1) is 10.6. The highest BCUT2D eigenvalue weighted by Crippen LogP contribution is 2.19. The average Bonchev–Trinajstić information content (AvgIpc) is 2.06. The van der Waals surface area contributed by atoms with Gasteiger partial charge in [-0.05, 0) is 0 Å². The van der Waals surface area contributed by atoms with E-state index in [0.29, 0.717) is 0 Å². The lowest BCUT2D eigenvalue weighted by atomic mass is 10.4. The predicted molar refractivity (Wildman–Crippen MR) is 42.6 cm³/mol. The molecular weight excluding hydrogens is 199 g/mol. The van der Waals surface area contributed by atoms with E-state index in [-0.39, 0.29) is 11.7 Å². The van der Waals surface area contributed by atoms with Gasteiger partial charge in [0, 0.05) is 0 Å². The summed E-state index contributed by atoms with van der Waals surface area (Å²) in [5.41, 5.74) is 5.22. The van der Waals surface area contributed by atoms with Gasteiger partial charge < -0.3 is 10.5 Å². The summed E-state index contributed by atoms with van der Waals surface area (Å²) in [5, 5.41) is 0. The lowest BCUT2D eigenvalue weighted by Gasteiger charge is -2.07. The van der Waals surface area contributed by atoms with Crippen molar-refractivity contribution in [3.63, 3.8) is 0 Å². The fourth-order valence-corrected chi connectivity index (χ4v) is 0.672. The van der Waals surface area contributed by atoms with Gasteiger partial charge in [-0.2, -0.15) is 13.2 Å². The minimum Gasteiger partial charge on any atom is -0.476 e. The number of nitrogens with two attached hydrogens (primary N) is 1. The Hall–Kier alpha value is -1.53. The Morgan fingerprint density at radius 2 is 2.00 bits per heavy atom. The lowest BCUT2D eigenvalue weighted by molar-refractivity contribution is -0.139. The highest BCUT2D eigenvalue weighted by molar-refractivity contribution is 5.24. The van der Waals surface area contributed by atoms with Crippen molar-refractivity contribution >= 4 is 5.82 Å². The number of halogens is 3. The fraction of sp³-hybridized carbons (Fsp3) is 0.429. The zero-order chi connectivity index (χ0) is 10.6. The molecule has 1 rings (SSSR count). The molecule has 0 bridgehead atoms. The van der Waals surface area contributed by atoms with E-state index in [2.05, 4.69) is 14.7 Å². The second-order valence-electron chi connectivity index (χ2n) is 2.49. The molecule has 0 radical (unpaired) electrons. The molecule has 0 aliphatic carbocycles. The van der Waals surface area contributed by atoms with Crippen molar-refractivity contribution in [2.24, 2.45) is 0 Å². The quantitative estimate of drug-likeness (QED) is 0.813. The van der Waals surface area contributed by atoms with Crippen molar-refractivity contribution in [3.8, 4) is 5.88 Å². The van der Waals surface area contributed by atoms with Crippen LogP contribution >= 0.6 is 0 Å². The van der Waals surface area contributed by atoms with E-state index in [1.807, 2.05) is 0 Å². The molecule has 0 saturated carbocycles. The maximum absolute atomic E-state index is 11.7. The smallest absolute Gasteiger partial charge is 0.392 e. The maximum Gasteiger partial charge on any atom is 0.392 e. The van der Waals surface area contributed by atoms with E-state index < -0.39 is 19.2 Å². The third-order valence-corrected chi connectivity index (χ3v) is 1.28. The molecule has 0 amide bonds. The predicted octanol–water partition coefficient (Wildman–Crippen LogP) is 1.39. The van der Waals surface area contributed by atoms with E-state index in [1.165, 1.54) is 12.4 Å². The molecule has 0 saturated heterocycles. The van der Waals surface area contributed by atoms with Crippen molar-refractivity contribution < 1.29 is 17.9 Å².